The van der Waals surface area contributed by atoms with E-state index in [0.29, 0.717) is 36.5 Å². The fourth-order valence-corrected chi connectivity index (χ4v) is 6.48. The molecule has 184 valence electrons. The molecule has 4 atom stereocenters. The normalized spacial score (nSPS) is 26.0. The van der Waals surface area contributed by atoms with E-state index in [9.17, 15) is 13.2 Å². The minimum absolute atomic E-state index is 0.167. The number of halogens is 3. The van der Waals surface area contributed by atoms with Gasteiger partial charge in [-0.05, 0) is 62.5 Å². The van der Waals surface area contributed by atoms with Crippen molar-refractivity contribution in [2.24, 2.45) is 17.8 Å². The van der Waals surface area contributed by atoms with E-state index < -0.39 is 23.4 Å². The highest BCUT2D eigenvalue weighted by molar-refractivity contribution is 5.45. The van der Waals surface area contributed by atoms with Crippen molar-refractivity contribution < 1.29 is 13.2 Å². The van der Waals surface area contributed by atoms with Crippen LogP contribution in [0.3, 0.4) is 0 Å². The van der Waals surface area contributed by atoms with Gasteiger partial charge in [-0.25, -0.2) is 22.8 Å². The Labute approximate surface area is 202 Å². The van der Waals surface area contributed by atoms with Gasteiger partial charge in [0.05, 0.1) is 17.6 Å². The SMILES string of the molecule is Cc1cc(N2C[C@H]3CC[C@@H](C2)C3Cc2nc3n(n2)CCCC[C@@H]3c2ccc(F)c(F)c2F)cnn1. The van der Waals surface area contributed by atoms with Gasteiger partial charge in [-0.1, -0.05) is 12.5 Å². The summed E-state index contributed by atoms with van der Waals surface area (Å²) in [4.78, 5) is 7.31. The molecule has 0 N–H and O–H groups in total. The van der Waals surface area contributed by atoms with Gasteiger partial charge in [0.2, 0.25) is 0 Å². The predicted octanol–water partition coefficient (Wildman–Crippen LogP) is 4.81. The van der Waals surface area contributed by atoms with Crippen LogP contribution in [0.2, 0.25) is 0 Å². The molecule has 1 aliphatic carbocycles. The Morgan fingerprint density at radius 3 is 2.57 bits per heavy atom. The number of piperidine rings is 1. The zero-order valence-corrected chi connectivity index (χ0v) is 19.8. The van der Waals surface area contributed by atoms with Gasteiger partial charge >= 0.3 is 0 Å². The maximum absolute atomic E-state index is 14.7. The average Bonchev–Trinajstić information content (AvgIpc) is 3.25. The quantitative estimate of drug-likeness (QED) is 0.500. The van der Waals surface area contributed by atoms with Gasteiger partial charge in [0.15, 0.2) is 23.3 Å². The molecule has 1 unspecified atom stereocenters. The maximum atomic E-state index is 14.7. The van der Waals surface area contributed by atoms with Gasteiger partial charge in [0, 0.05) is 37.5 Å². The van der Waals surface area contributed by atoms with Crippen LogP contribution in [-0.4, -0.2) is 38.1 Å². The third-order valence-electron chi connectivity index (χ3n) is 8.18. The van der Waals surface area contributed by atoms with Crippen LogP contribution in [0.1, 0.15) is 60.9 Å². The highest BCUT2D eigenvalue weighted by atomic mass is 19.2. The zero-order chi connectivity index (χ0) is 24.1. The molecule has 1 aromatic carbocycles. The Balaban J connectivity index is 1.24. The average molecular weight is 483 g/mol. The van der Waals surface area contributed by atoms with E-state index in [-0.39, 0.29) is 5.56 Å². The number of hydrogen-bond donors (Lipinski definition) is 0. The van der Waals surface area contributed by atoms with E-state index in [0.717, 1.165) is 55.6 Å². The van der Waals surface area contributed by atoms with Gasteiger partial charge in [0.1, 0.15) is 5.82 Å². The van der Waals surface area contributed by atoms with Crippen molar-refractivity contribution >= 4 is 5.69 Å². The molecule has 9 heteroatoms. The molecule has 6 rings (SSSR count). The Hall–Kier alpha value is -2.97. The van der Waals surface area contributed by atoms with Gasteiger partial charge in [-0.2, -0.15) is 15.3 Å². The molecular formula is C26H29F3N6. The summed E-state index contributed by atoms with van der Waals surface area (Å²) in [6.07, 6.45) is 7.43. The molecule has 1 saturated heterocycles. The molecule has 2 aromatic heterocycles. The summed E-state index contributed by atoms with van der Waals surface area (Å²) in [6, 6.07) is 4.46. The summed E-state index contributed by atoms with van der Waals surface area (Å²) in [5.74, 6) is -1.03. The van der Waals surface area contributed by atoms with Gasteiger partial charge < -0.3 is 4.90 Å². The highest BCUT2D eigenvalue weighted by Gasteiger charge is 2.43. The lowest BCUT2D eigenvalue weighted by atomic mass is 9.82. The zero-order valence-electron chi connectivity index (χ0n) is 19.8. The van der Waals surface area contributed by atoms with E-state index in [1.807, 2.05) is 17.8 Å². The summed E-state index contributed by atoms with van der Waals surface area (Å²) in [5.41, 5.74) is 2.23. The molecule has 3 aliphatic rings. The molecule has 0 amide bonds. The topological polar surface area (TPSA) is 59.7 Å². The fourth-order valence-electron chi connectivity index (χ4n) is 6.48. The standard InChI is InChI=1S/C26H29F3N6/c1-15-10-18(12-30-32-15)34-13-16-5-6-17(14-34)21(16)11-23-31-26-20(4-2-3-9-35(26)33-23)19-7-8-22(27)25(29)24(19)28/h7-8,10,12,16-17,20-21H,2-6,9,11,13-14H2,1H3/t16-,17+,20-,21?/m1/s1. The third kappa shape index (κ3) is 4.08. The van der Waals surface area contributed by atoms with Gasteiger partial charge in [0.25, 0.3) is 0 Å². The van der Waals surface area contributed by atoms with Crippen LogP contribution in [0.4, 0.5) is 18.9 Å². The number of aryl methyl sites for hydroxylation is 2. The Morgan fingerprint density at radius 1 is 1.00 bits per heavy atom. The van der Waals surface area contributed by atoms with Crippen molar-refractivity contribution in [2.45, 2.75) is 57.9 Å². The van der Waals surface area contributed by atoms with E-state index >= 15 is 0 Å². The first-order valence-electron chi connectivity index (χ1n) is 12.6. The van der Waals surface area contributed by atoms with Crippen LogP contribution < -0.4 is 4.90 Å². The molecule has 4 heterocycles. The summed E-state index contributed by atoms with van der Waals surface area (Å²) in [6.45, 7) is 4.65. The molecule has 6 nitrogen and oxygen atoms in total. The van der Waals surface area contributed by atoms with Crippen LogP contribution in [0.15, 0.2) is 24.4 Å². The predicted molar refractivity (Wildman–Crippen MR) is 124 cm³/mol. The fraction of sp³-hybridized carbons (Fsp3) is 0.538. The molecular weight excluding hydrogens is 453 g/mol. The number of nitrogens with zero attached hydrogens (tertiary/aromatic N) is 6. The van der Waals surface area contributed by atoms with Crippen LogP contribution >= 0.6 is 0 Å². The molecule has 3 aromatic rings. The number of benzene rings is 1. The minimum Gasteiger partial charge on any atom is -0.370 e. The lowest BCUT2D eigenvalue weighted by Gasteiger charge is -2.39. The van der Waals surface area contributed by atoms with Crippen LogP contribution in [-0.2, 0) is 13.0 Å². The molecule has 2 fully saturated rings. The second-order valence-electron chi connectivity index (χ2n) is 10.3. The Morgan fingerprint density at radius 2 is 1.80 bits per heavy atom. The van der Waals surface area contributed by atoms with E-state index in [1.54, 1.807) is 0 Å². The van der Waals surface area contributed by atoms with Crippen LogP contribution in [0.25, 0.3) is 0 Å². The van der Waals surface area contributed by atoms with E-state index in [1.165, 1.54) is 18.9 Å². The first kappa shape index (κ1) is 22.5. The van der Waals surface area contributed by atoms with Gasteiger partial charge in [-0.3, -0.25) is 0 Å². The molecule has 2 aliphatic heterocycles. The van der Waals surface area contributed by atoms with Crippen molar-refractivity contribution in [1.29, 1.82) is 0 Å². The minimum atomic E-state index is -1.42. The smallest absolute Gasteiger partial charge is 0.194 e. The highest BCUT2D eigenvalue weighted by Crippen LogP contribution is 2.44. The second kappa shape index (κ2) is 8.91. The summed E-state index contributed by atoms with van der Waals surface area (Å²) < 4.78 is 44.1. The van der Waals surface area contributed by atoms with Crippen LogP contribution in [0, 0.1) is 42.1 Å². The molecule has 1 saturated carbocycles. The second-order valence-corrected chi connectivity index (χ2v) is 10.3. The van der Waals surface area contributed by atoms with Crippen molar-refractivity contribution in [3.05, 3.63) is 64.8 Å². The number of fused-ring (bicyclic) bond motifs is 3. The van der Waals surface area contributed by atoms with Crippen molar-refractivity contribution in [1.82, 2.24) is 25.0 Å². The van der Waals surface area contributed by atoms with Crippen molar-refractivity contribution in [3.8, 4) is 0 Å². The first-order valence-corrected chi connectivity index (χ1v) is 12.6. The van der Waals surface area contributed by atoms with E-state index in [2.05, 4.69) is 21.2 Å². The van der Waals surface area contributed by atoms with Crippen LogP contribution in [0.5, 0.6) is 0 Å². The molecule has 0 spiro atoms. The largest absolute Gasteiger partial charge is 0.370 e. The molecule has 2 bridgehead atoms. The summed E-state index contributed by atoms with van der Waals surface area (Å²) >= 11 is 0. The lowest BCUT2D eigenvalue weighted by molar-refractivity contribution is 0.265. The summed E-state index contributed by atoms with van der Waals surface area (Å²) in [7, 11) is 0. The Kier molecular flexibility index (Phi) is 5.73. The van der Waals surface area contributed by atoms with Gasteiger partial charge in [-0.15, -0.1) is 0 Å². The summed E-state index contributed by atoms with van der Waals surface area (Å²) in [5, 5.41) is 13.0. The number of rotatable bonds is 4. The van der Waals surface area contributed by atoms with Crippen molar-refractivity contribution in [2.75, 3.05) is 18.0 Å². The van der Waals surface area contributed by atoms with E-state index in [4.69, 9.17) is 10.1 Å². The number of aromatic nitrogens is 5. The number of hydrogen-bond acceptors (Lipinski definition) is 5. The molecule has 0 radical (unpaired) electrons. The number of anilines is 1. The lowest BCUT2D eigenvalue weighted by Crippen LogP contribution is -2.43. The monoisotopic (exact) mass is 482 g/mol. The first-order chi connectivity index (χ1) is 17.0. The molecule has 35 heavy (non-hydrogen) atoms. The Bertz CT molecular complexity index is 1230. The third-order valence-corrected chi connectivity index (χ3v) is 8.18. The van der Waals surface area contributed by atoms with Crippen molar-refractivity contribution in [3.63, 3.8) is 0 Å². The maximum Gasteiger partial charge on any atom is 0.194 e.